The molecule has 3 aliphatic rings. The molecule has 3 amide bonds. The van der Waals surface area contributed by atoms with Crippen molar-refractivity contribution < 1.29 is 70.2 Å². The van der Waals surface area contributed by atoms with Crippen LogP contribution in [0.15, 0.2) is 212 Å². The number of carbonyl (C=O) groups excluding carboxylic acids is 4. The summed E-state index contributed by atoms with van der Waals surface area (Å²) in [6.45, 7) is 7.97. The van der Waals surface area contributed by atoms with Gasteiger partial charge in [-0.15, -0.1) is 0 Å². The number of aromatic nitrogens is 6. The molecule has 7 aromatic carbocycles. The van der Waals surface area contributed by atoms with Crippen molar-refractivity contribution in [3.05, 3.63) is 262 Å². The summed E-state index contributed by atoms with van der Waals surface area (Å²) < 4.78 is 77.5. The van der Waals surface area contributed by atoms with Gasteiger partial charge in [0.25, 0.3) is 14.4 Å². The molecule has 3 aromatic heterocycles. The average Bonchev–Trinajstić information content (AvgIpc) is 1.77. The van der Waals surface area contributed by atoms with E-state index in [0.29, 0.717) is 42.0 Å². The Labute approximate surface area is 693 Å². The molecule has 1 aliphatic carbocycles. The zero-order valence-corrected chi connectivity index (χ0v) is 69.1. The molecule has 0 spiro atoms. The summed E-state index contributed by atoms with van der Waals surface area (Å²) in [6.07, 6.45) is -0.0218. The average molecular weight is 1650 g/mol. The molecule has 0 radical (unpaired) electrons. The van der Waals surface area contributed by atoms with Gasteiger partial charge in [0.1, 0.15) is 66.3 Å². The SMILES string of the molecule is COc1ccc(C(OCC2OC(n3cnc4c(NC(=O)c5ccc(CCC(=O)Cc6ccccc6)cc5)ncnc43)CC2OP(OCCC#N)OCC2OC(n3ccc(NC(=O)CCCN(C)C(=O)OCC4c5ccccc5-c5ccccc54)nc3=O)CC2OP(OCCC#N)N(C(C)C)C(C)C)(c2ccccc2)c2ccc(OC)cc2)cc1. The van der Waals surface area contributed by atoms with Crippen molar-refractivity contribution in [2.75, 3.05) is 71.5 Å². The first-order chi connectivity index (χ1) is 57.9. The number of benzene rings is 7. The van der Waals surface area contributed by atoms with E-state index >= 15 is 0 Å². The van der Waals surface area contributed by atoms with Crippen molar-refractivity contribution in [1.29, 1.82) is 10.5 Å². The second kappa shape index (κ2) is 41.1. The number of fused-ring (bicyclic) bond motifs is 4. The first kappa shape index (κ1) is 85.8. The molecule has 10 aromatic rings. The summed E-state index contributed by atoms with van der Waals surface area (Å²) in [4.78, 5) is 87.6. The third kappa shape index (κ3) is 21.2. The van der Waals surface area contributed by atoms with E-state index in [-0.39, 0.29) is 119 Å². The van der Waals surface area contributed by atoms with Crippen LogP contribution in [-0.4, -0.2) is 160 Å². The van der Waals surface area contributed by atoms with Gasteiger partial charge in [0.05, 0.1) is 84.2 Å². The van der Waals surface area contributed by atoms with Gasteiger partial charge in [-0.25, -0.2) is 29.2 Å². The van der Waals surface area contributed by atoms with Crippen molar-refractivity contribution in [2.24, 2.45) is 0 Å². The van der Waals surface area contributed by atoms with Crippen LogP contribution in [-0.2, 0) is 69.6 Å². The molecule has 13 rings (SSSR count). The molecule has 2 aliphatic heterocycles. The van der Waals surface area contributed by atoms with E-state index < -0.39 is 83.2 Å². The number of methoxy groups -OCH3 is 2. The first-order valence-electron chi connectivity index (χ1n) is 39.6. The Morgan fingerprint density at radius 2 is 1.22 bits per heavy atom. The van der Waals surface area contributed by atoms with E-state index in [2.05, 4.69) is 66.7 Å². The van der Waals surface area contributed by atoms with Crippen molar-refractivity contribution in [2.45, 2.75) is 146 Å². The molecule has 0 bridgehead atoms. The fraction of sp³-hybridized carbons (Fsp3) is 0.360. The monoisotopic (exact) mass is 1650 g/mol. The lowest BCUT2D eigenvalue weighted by Crippen LogP contribution is -2.38. The lowest BCUT2D eigenvalue weighted by Gasteiger charge is -2.37. The van der Waals surface area contributed by atoms with Crippen LogP contribution in [0.3, 0.4) is 0 Å². The summed E-state index contributed by atoms with van der Waals surface area (Å²) in [5.41, 5.74) is 7.44. The number of hydrogen-bond acceptors (Lipinski definition) is 23. The molecule has 8 unspecified atom stereocenters. The summed E-state index contributed by atoms with van der Waals surface area (Å²) in [7, 11) is 0.459. The number of amides is 3. The maximum absolute atomic E-state index is 14.3. The standard InChI is InChI=1S/C89H96N12O16P2/c1-59(2)101(60(3)4)118(111-49-19-45-90)116-75-52-81(99-48-44-79(96-87(99)105)95-80(103)29-18-47-98(5)88(106)109-54-74-72-27-16-14-25-70(72)71-26-15-17-28-73(71)74)115-78(75)56-113-119(112-50-20-46-91)117-76-53-82(114-77(76)55-110-89(64-23-12-9-13-24-64,65-35-40-68(107-6)41-36-65)66-37-42-69(108-7)43-38-66)100-58-94-83-84(92-57-93-85(83)100)97-86(104)63-33-30-61(31-34-63)32-39-67(102)51-62-21-10-8-11-22-62/h8-17,21-28,30-31,33-38,40-44,48,57-60,74-78,81-82H,18-20,29,32,39,47,49-56H2,1-7H3,(H,92,93,97,104)(H,95,96,103,105). The predicted molar refractivity (Wildman–Crippen MR) is 447 cm³/mol. The fourth-order valence-electron chi connectivity index (χ4n) is 15.0. The van der Waals surface area contributed by atoms with E-state index in [1.165, 1.54) is 28.1 Å². The molecular weight excluding hydrogens is 1550 g/mol. The van der Waals surface area contributed by atoms with Gasteiger partial charge in [-0.2, -0.15) is 15.5 Å². The number of rotatable bonds is 40. The molecule has 0 saturated carbocycles. The van der Waals surface area contributed by atoms with Crippen molar-refractivity contribution in [1.82, 2.24) is 38.6 Å². The van der Waals surface area contributed by atoms with E-state index in [4.69, 9.17) is 56.0 Å². The number of anilines is 2. The van der Waals surface area contributed by atoms with E-state index in [0.717, 1.165) is 50.1 Å². The highest BCUT2D eigenvalue weighted by molar-refractivity contribution is 7.44. The normalized spacial score (nSPS) is 17.5. The molecule has 30 heteroatoms. The number of ether oxygens (including phenoxy) is 6. The molecule has 618 valence electrons. The smallest absolute Gasteiger partial charge is 0.409 e. The van der Waals surface area contributed by atoms with Crippen LogP contribution in [0.4, 0.5) is 16.4 Å². The number of aryl methyl sites for hydroxylation is 1. The summed E-state index contributed by atoms with van der Waals surface area (Å²) in [5, 5.41) is 25.3. The van der Waals surface area contributed by atoms with Gasteiger partial charge in [-0.1, -0.05) is 146 Å². The lowest BCUT2D eigenvalue weighted by atomic mass is 9.80. The van der Waals surface area contributed by atoms with Crippen LogP contribution >= 0.6 is 17.1 Å². The van der Waals surface area contributed by atoms with Crippen LogP contribution in [0.5, 0.6) is 11.5 Å². The minimum absolute atomic E-state index is 0.000785. The number of nitriles is 2. The Morgan fingerprint density at radius 1 is 0.630 bits per heavy atom. The van der Waals surface area contributed by atoms with Crippen LogP contribution in [0.25, 0.3) is 22.3 Å². The van der Waals surface area contributed by atoms with Gasteiger partial charge < -0.3 is 66.6 Å². The highest BCUT2D eigenvalue weighted by Crippen LogP contribution is 2.53. The fourth-order valence-corrected chi connectivity index (χ4v) is 17.9. The lowest BCUT2D eigenvalue weighted by molar-refractivity contribution is -0.118. The van der Waals surface area contributed by atoms with Gasteiger partial charge in [-0.3, -0.25) is 23.5 Å². The van der Waals surface area contributed by atoms with Gasteiger partial charge in [0.15, 0.2) is 17.0 Å². The van der Waals surface area contributed by atoms with Gasteiger partial charge in [-0.05, 0) is 133 Å². The summed E-state index contributed by atoms with van der Waals surface area (Å²) in [6, 6.07) is 63.5. The summed E-state index contributed by atoms with van der Waals surface area (Å²) >= 11 is 0. The first-order valence-corrected chi connectivity index (χ1v) is 41.9. The van der Waals surface area contributed by atoms with Crippen molar-refractivity contribution in [3.8, 4) is 34.8 Å². The molecular formula is C89H96N12O16P2. The quantitative estimate of drug-likeness (QED) is 0.0205. The Balaban J connectivity index is 0.746. The Bertz CT molecular complexity index is 5130. The minimum atomic E-state index is -2.46. The maximum atomic E-state index is 14.3. The minimum Gasteiger partial charge on any atom is -0.497 e. The van der Waals surface area contributed by atoms with Crippen LogP contribution < -0.4 is 25.8 Å². The Hall–Kier alpha value is -11.1. The molecule has 5 heterocycles. The largest absolute Gasteiger partial charge is 0.497 e. The third-order valence-corrected chi connectivity index (χ3v) is 24.2. The Morgan fingerprint density at radius 3 is 1.84 bits per heavy atom. The number of ketones is 1. The molecule has 2 saturated heterocycles. The zero-order chi connectivity index (χ0) is 83.4. The predicted octanol–water partition coefficient (Wildman–Crippen LogP) is 15.5. The second-order valence-electron chi connectivity index (χ2n) is 29.4. The van der Waals surface area contributed by atoms with E-state index in [9.17, 15) is 34.5 Å². The van der Waals surface area contributed by atoms with Crippen LogP contribution in [0, 0.1) is 22.7 Å². The number of hydrogen-bond donors (Lipinski definition) is 2. The van der Waals surface area contributed by atoms with Crippen molar-refractivity contribution >= 4 is 63.6 Å². The third-order valence-electron chi connectivity index (χ3n) is 20.9. The highest BCUT2D eigenvalue weighted by atomic mass is 31.2. The zero-order valence-electron chi connectivity index (χ0n) is 67.3. The number of nitrogens with zero attached hydrogens (tertiary/aromatic N) is 10. The number of carbonyl (C=O) groups is 4. The number of Topliss-reactive ketones (excluding diaryl/α,β-unsaturated/α-hetero) is 1. The maximum Gasteiger partial charge on any atom is 0.409 e. The van der Waals surface area contributed by atoms with Gasteiger partial charge >= 0.3 is 20.4 Å². The van der Waals surface area contributed by atoms with Gasteiger partial charge in [0, 0.05) is 75.5 Å². The summed E-state index contributed by atoms with van der Waals surface area (Å²) in [5.74, 6) is 0.519. The number of nitrogens with one attached hydrogen (secondary N) is 2. The van der Waals surface area contributed by atoms with E-state index in [1.54, 1.807) is 44.3 Å². The molecule has 2 fully saturated rings. The molecule has 28 nitrogen and oxygen atoms in total. The van der Waals surface area contributed by atoms with Crippen LogP contribution in [0.2, 0.25) is 0 Å². The highest BCUT2D eigenvalue weighted by Gasteiger charge is 2.47. The second-order valence-corrected chi connectivity index (χ2v) is 32.0. The van der Waals surface area contributed by atoms with Crippen molar-refractivity contribution in [3.63, 3.8) is 0 Å². The number of imidazole rings is 1. The molecule has 8 atom stereocenters. The van der Waals surface area contributed by atoms with E-state index in [1.807, 2.05) is 173 Å². The molecule has 119 heavy (non-hydrogen) atoms. The topological polar surface area (TPSA) is 326 Å². The Kier molecular flexibility index (Phi) is 29.6. The van der Waals surface area contributed by atoms with Gasteiger partial charge in [0.2, 0.25) is 5.91 Å². The van der Waals surface area contributed by atoms with Crippen LogP contribution in [0.1, 0.15) is 140 Å². The molecule has 2 N–H and O–H groups in total.